The van der Waals surface area contributed by atoms with Gasteiger partial charge in [0.25, 0.3) is 0 Å². The van der Waals surface area contributed by atoms with Gasteiger partial charge in [-0.2, -0.15) is 4.68 Å². The van der Waals surface area contributed by atoms with E-state index in [1.807, 2.05) is 38.1 Å². The minimum Gasteiger partial charge on any atom is -0.308 e. The molecule has 3 amide bonds. The Balaban J connectivity index is 1.64. The lowest BCUT2D eigenvalue weighted by Gasteiger charge is -2.12. The van der Waals surface area contributed by atoms with Gasteiger partial charge in [0.05, 0.1) is 10.9 Å². The van der Waals surface area contributed by atoms with Gasteiger partial charge in [-0.25, -0.2) is 4.79 Å². The number of carbonyl (C=O) groups is 2. The molecule has 8 nitrogen and oxygen atoms in total. The van der Waals surface area contributed by atoms with Gasteiger partial charge in [0.1, 0.15) is 0 Å². The lowest BCUT2D eigenvalue weighted by molar-refractivity contribution is -0.119. The van der Waals surface area contributed by atoms with Crippen molar-refractivity contribution in [1.29, 1.82) is 0 Å². The van der Waals surface area contributed by atoms with Crippen LogP contribution in [0.4, 0.5) is 10.5 Å². The number of urea groups is 1. The number of rotatable bonds is 5. The summed E-state index contributed by atoms with van der Waals surface area (Å²) in [4.78, 5) is 24.3. The van der Waals surface area contributed by atoms with Gasteiger partial charge in [-0.3, -0.25) is 10.1 Å². The first-order valence-corrected chi connectivity index (χ1v) is 9.51. The molecule has 0 aliphatic carbocycles. The SMILES string of the molecule is Cc1ccc(-n2nnnc2SC(C)C(=O)NC(=O)Nc2ccccc2)cc1C. The molecule has 1 heterocycles. The fraction of sp³-hybridized carbons (Fsp3) is 0.211. The standard InChI is InChI=1S/C19H20N6O2S/c1-12-9-10-16(11-13(12)2)25-19(22-23-24-25)28-14(3)17(26)21-18(27)20-15-7-5-4-6-8-15/h4-11,14H,1-3H3,(H2,20,21,26,27). The van der Waals surface area contributed by atoms with Crippen LogP contribution in [0.15, 0.2) is 53.7 Å². The number of hydrogen-bond acceptors (Lipinski definition) is 6. The fourth-order valence-electron chi connectivity index (χ4n) is 2.38. The number of carbonyl (C=O) groups excluding carboxylic acids is 2. The molecule has 144 valence electrons. The second-order valence-corrected chi connectivity index (χ2v) is 7.52. The van der Waals surface area contributed by atoms with Crippen LogP contribution in [0.2, 0.25) is 0 Å². The lowest BCUT2D eigenvalue weighted by atomic mass is 10.1. The first kappa shape index (κ1) is 19.6. The van der Waals surface area contributed by atoms with Crippen molar-refractivity contribution >= 4 is 29.4 Å². The maximum absolute atomic E-state index is 12.3. The highest BCUT2D eigenvalue weighted by Gasteiger charge is 2.21. The Labute approximate surface area is 166 Å². The second kappa shape index (κ2) is 8.66. The summed E-state index contributed by atoms with van der Waals surface area (Å²) in [5.74, 6) is -0.437. The number of aromatic nitrogens is 4. The van der Waals surface area contributed by atoms with Crippen molar-refractivity contribution in [3.8, 4) is 5.69 Å². The number of aryl methyl sites for hydroxylation is 2. The summed E-state index contributed by atoms with van der Waals surface area (Å²) in [7, 11) is 0. The Morgan fingerprint density at radius 3 is 2.54 bits per heavy atom. The van der Waals surface area contributed by atoms with Crippen molar-refractivity contribution in [2.24, 2.45) is 0 Å². The summed E-state index contributed by atoms with van der Waals surface area (Å²) in [6, 6.07) is 14.2. The molecule has 3 rings (SSSR count). The van der Waals surface area contributed by atoms with Crippen LogP contribution >= 0.6 is 11.8 Å². The fourth-order valence-corrected chi connectivity index (χ4v) is 3.19. The summed E-state index contributed by atoms with van der Waals surface area (Å²) >= 11 is 1.17. The molecular formula is C19H20N6O2S. The van der Waals surface area contributed by atoms with Crippen LogP contribution < -0.4 is 10.6 Å². The van der Waals surface area contributed by atoms with E-state index in [0.717, 1.165) is 11.3 Å². The number of nitrogens with zero attached hydrogens (tertiary/aromatic N) is 4. The van der Waals surface area contributed by atoms with Crippen molar-refractivity contribution in [1.82, 2.24) is 25.5 Å². The van der Waals surface area contributed by atoms with Crippen molar-refractivity contribution < 1.29 is 9.59 Å². The molecule has 0 saturated heterocycles. The molecule has 0 aliphatic rings. The Kier molecular flexibility index (Phi) is 6.05. The molecule has 9 heteroatoms. The molecule has 0 spiro atoms. The first-order chi connectivity index (χ1) is 13.4. The number of imide groups is 1. The monoisotopic (exact) mass is 396 g/mol. The van der Waals surface area contributed by atoms with Gasteiger partial charge >= 0.3 is 6.03 Å². The highest BCUT2D eigenvalue weighted by Crippen LogP contribution is 2.24. The van der Waals surface area contributed by atoms with Crippen LogP contribution in [0.3, 0.4) is 0 Å². The van der Waals surface area contributed by atoms with Gasteiger partial charge in [0.15, 0.2) is 0 Å². The predicted molar refractivity (Wildman–Crippen MR) is 108 cm³/mol. The van der Waals surface area contributed by atoms with Crippen molar-refractivity contribution in [3.63, 3.8) is 0 Å². The lowest BCUT2D eigenvalue weighted by Crippen LogP contribution is -2.38. The van der Waals surface area contributed by atoms with E-state index in [-0.39, 0.29) is 0 Å². The third kappa shape index (κ3) is 4.74. The Morgan fingerprint density at radius 2 is 1.82 bits per heavy atom. The van der Waals surface area contributed by atoms with Gasteiger partial charge in [0.2, 0.25) is 11.1 Å². The zero-order valence-electron chi connectivity index (χ0n) is 15.7. The Hall–Kier alpha value is -3.20. The van der Waals surface area contributed by atoms with Gasteiger partial charge in [-0.05, 0) is 66.6 Å². The summed E-state index contributed by atoms with van der Waals surface area (Å²) in [6.45, 7) is 5.73. The molecule has 1 unspecified atom stereocenters. The number of benzene rings is 2. The van der Waals surface area contributed by atoms with Crippen LogP contribution in [0.1, 0.15) is 18.1 Å². The third-order valence-electron chi connectivity index (χ3n) is 4.10. The molecule has 2 N–H and O–H groups in total. The number of tetrazole rings is 1. The van der Waals surface area contributed by atoms with E-state index in [1.54, 1.807) is 35.9 Å². The van der Waals surface area contributed by atoms with Crippen LogP contribution in [-0.2, 0) is 4.79 Å². The molecule has 28 heavy (non-hydrogen) atoms. The highest BCUT2D eigenvalue weighted by atomic mass is 32.2. The minimum absolute atomic E-state index is 0.437. The van der Waals surface area contributed by atoms with Crippen LogP contribution in [0.5, 0.6) is 0 Å². The molecule has 0 saturated carbocycles. The second-order valence-electron chi connectivity index (χ2n) is 6.21. The average Bonchev–Trinajstić information content (AvgIpc) is 3.12. The quantitative estimate of drug-likeness (QED) is 0.643. The smallest absolute Gasteiger partial charge is 0.308 e. The van der Waals surface area contributed by atoms with Gasteiger partial charge in [-0.1, -0.05) is 36.0 Å². The normalized spacial score (nSPS) is 11.7. The van der Waals surface area contributed by atoms with Crippen molar-refractivity contribution in [2.75, 3.05) is 5.32 Å². The predicted octanol–water partition coefficient (Wildman–Crippen LogP) is 3.11. The van der Waals surface area contributed by atoms with E-state index in [9.17, 15) is 9.59 Å². The summed E-state index contributed by atoms with van der Waals surface area (Å²) < 4.78 is 1.57. The van der Waals surface area contributed by atoms with Gasteiger partial charge in [-0.15, -0.1) is 5.10 Å². The van der Waals surface area contributed by atoms with Crippen LogP contribution in [-0.4, -0.2) is 37.4 Å². The van der Waals surface area contributed by atoms with Crippen LogP contribution in [0, 0.1) is 13.8 Å². The van der Waals surface area contributed by atoms with Crippen molar-refractivity contribution in [3.05, 3.63) is 59.7 Å². The van der Waals surface area contributed by atoms with Crippen molar-refractivity contribution in [2.45, 2.75) is 31.2 Å². The maximum atomic E-state index is 12.3. The third-order valence-corrected chi connectivity index (χ3v) is 5.13. The largest absolute Gasteiger partial charge is 0.325 e. The van der Waals surface area contributed by atoms with Crippen LogP contribution in [0.25, 0.3) is 5.69 Å². The number of amides is 3. The average molecular weight is 396 g/mol. The van der Waals surface area contributed by atoms with E-state index in [2.05, 4.69) is 26.2 Å². The molecule has 0 radical (unpaired) electrons. The minimum atomic E-state index is -0.586. The number of anilines is 1. The summed E-state index contributed by atoms with van der Waals surface area (Å²) in [5.41, 5.74) is 3.70. The number of thioether (sulfide) groups is 1. The molecule has 2 aromatic carbocycles. The molecule has 0 aliphatic heterocycles. The highest BCUT2D eigenvalue weighted by molar-refractivity contribution is 8.00. The topological polar surface area (TPSA) is 102 Å². The molecule has 0 bridgehead atoms. The van der Waals surface area contributed by atoms with E-state index in [1.165, 1.54) is 17.3 Å². The Morgan fingerprint density at radius 1 is 1.07 bits per heavy atom. The first-order valence-electron chi connectivity index (χ1n) is 8.63. The summed E-state index contributed by atoms with van der Waals surface area (Å²) in [5, 5.41) is 16.6. The molecular weight excluding hydrogens is 376 g/mol. The number of hydrogen-bond donors (Lipinski definition) is 2. The number of nitrogens with one attached hydrogen (secondary N) is 2. The molecule has 1 atom stereocenters. The van der Waals surface area contributed by atoms with E-state index in [4.69, 9.17) is 0 Å². The van der Waals surface area contributed by atoms with Gasteiger partial charge < -0.3 is 5.32 Å². The van der Waals surface area contributed by atoms with E-state index in [0.29, 0.717) is 10.8 Å². The van der Waals surface area contributed by atoms with Gasteiger partial charge in [0, 0.05) is 5.69 Å². The van der Waals surface area contributed by atoms with E-state index < -0.39 is 17.2 Å². The zero-order valence-corrected chi connectivity index (χ0v) is 16.5. The molecule has 1 aromatic heterocycles. The zero-order chi connectivity index (χ0) is 20.1. The van der Waals surface area contributed by atoms with E-state index >= 15 is 0 Å². The molecule has 3 aromatic rings. The maximum Gasteiger partial charge on any atom is 0.325 e. The summed E-state index contributed by atoms with van der Waals surface area (Å²) in [6.07, 6.45) is 0. The Bertz CT molecular complexity index is 989. The molecule has 0 fully saturated rings. The number of para-hydroxylation sites is 1.